The van der Waals surface area contributed by atoms with Gasteiger partial charge in [-0.1, -0.05) is 6.92 Å². The summed E-state index contributed by atoms with van der Waals surface area (Å²) in [5.74, 6) is 7.36. The van der Waals surface area contributed by atoms with E-state index in [1.54, 1.807) is 0 Å². The average Bonchev–Trinajstić information content (AvgIpc) is 2.38. The minimum Gasteiger partial charge on any atom is -0.475 e. The van der Waals surface area contributed by atoms with Crippen molar-refractivity contribution >= 4 is 5.82 Å². The Labute approximate surface area is 108 Å². The van der Waals surface area contributed by atoms with Crippen LogP contribution in [0.3, 0.4) is 0 Å². The maximum absolute atomic E-state index is 5.60. The second-order valence-corrected chi connectivity index (χ2v) is 3.86. The van der Waals surface area contributed by atoms with Gasteiger partial charge in [0.2, 0.25) is 5.88 Å². The number of ether oxygens (including phenoxy) is 2. The molecule has 0 aliphatic carbocycles. The maximum Gasteiger partial charge on any atom is 0.221 e. The summed E-state index contributed by atoms with van der Waals surface area (Å²) in [6.07, 6.45) is 1.78. The Hall–Kier alpha value is -1.40. The first-order valence-electron chi connectivity index (χ1n) is 6.27. The van der Waals surface area contributed by atoms with E-state index in [2.05, 4.69) is 22.3 Å². The van der Waals surface area contributed by atoms with E-state index in [0.29, 0.717) is 31.5 Å². The van der Waals surface area contributed by atoms with Crippen LogP contribution in [0.4, 0.5) is 5.82 Å². The van der Waals surface area contributed by atoms with Crippen LogP contribution in [0.25, 0.3) is 0 Å². The first-order chi connectivity index (χ1) is 8.72. The van der Waals surface area contributed by atoms with Crippen LogP contribution in [0.2, 0.25) is 0 Å². The molecule has 0 amide bonds. The monoisotopic (exact) mass is 254 g/mol. The van der Waals surface area contributed by atoms with E-state index in [9.17, 15) is 0 Å². The molecule has 102 valence electrons. The lowest BCUT2D eigenvalue weighted by Crippen LogP contribution is -2.15. The molecule has 6 heteroatoms. The summed E-state index contributed by atoms with van der Waals surface area (Å²) in [7, 11) is 0. The Morgan fingerprint density at radius 3 is 2.61 bits per heavy atom. The molecule has 0 spiro atoms. The molecule has 1 aromatic heterocycles. The first-order valence-corrected chi connectivity index (χ1v) is 6.27. The van der Waals surface area contributed by atoms with Crippen molar-refractivity contribution in [3.63, 3.8) is 0 Å². The molecule has 0 aliphatic heterocycles. The van der Waals surface area contributed by atoms with Crippen molar-refractivity contribution in [3.05, 3.63) is 11.4 Å². The summed E-state index contributed by atoms with van der Waals surface area (Å²) in [6.45, 7) is 7.61. The SMILES string of the molecule is CCCc1nc(NN)c(C)c(OCCOCC)n1. The minimum absolute atomic E-state index is 0.473. The van der Waals surface area contributed by atoms with Crippen molar-refractivity contribution in [1.29, 1.82) is 0 Å². The second kappa shape index (κ2) is 7.84. The largest absolute Gasteiger partial charge is 0.475 e. The van der Waals surface area contributed by atoms with Crippen LogP contribution in [0.15, 0.2) is 0 Å². The smallest absolute Gasteiger partial charge is 0.221 e. The van der Waals surface area contributed by atoms with Gasteiger partial charge < -0.3 is 14.9 Å². The predicted octanol–water partition coefficient (Wildman–Crippen LogP) is 1.44. The normalized spacial score (nSPS) is 10.4. The summed E-state index contributed by atoms with van der Waals surface area (Å²) in [6, 6.07) is 0. The lowest BCUT2D eigenvalue weighted by atomic mass is 10.3. The maximum atomic E-state index is 5.60. The molecule has 0 fully saturated rings. The number of rotatable bonds is 8. The lowest BCUT2D eigenvalue weighted by molar-refractivity contribution is 0.108. The molecule has 1 heterocycles. The van der Waals surface area contributed by atoms with Crippen molar-refractivity contribution in [1.82, 2.24) is 9.97 Å². The van der Waals surface area contributed by atoms with Crippen LogP contribution in [-0.4, -0.2) is 29.8 Å². The van der Waals surface area contributed by atoms with Crippen molar-refractivity contribution in [2.75, 3.05) is 25.2 Å². The molecule has 0 radical (unpaired) electrons. The molecule has 0 unspecified atom stereocenters. The van der Waals surface area contributed by atoms with Gasteiger partial charge in [-0.15, -0.1) is 0 Å². The topological polar surface area (TPSA) is 82.3 Å². The zero-order valence-electron chi connectivity index (χ0n) is 11.3. The number of nitrogen functional groups attached to an aromatic ring is 1. The molecule has 0 aromatic carbocycles. The number of nitrogens with one attached hydrogen (secondary N) is 1. The molecule has 1 rings (SSSR count). The average molecular weight is 254 g/mol. The summed E-state index contributed by atoms with van der Waals surface area (Å²) in [5, 5.41) is 0. The zero-order valence-corrected chi connectivity index (χ0v) is 11.3. The zero-order chi connectivity index (χ0) is 13.4. The summed E-state index contributed by atoms with van der Waals surface area (Å²) < 4.78 is 10.8. The van der Waals surface area contributed by atoms with E-state index >= 15 is 0 Å². The molecule has 0 aliphatic rings. The van der Waals surface area contributed by atoms with E-state index in [4.69, 9.17) is 15.3 Å². The van der Waals surface area contributed by atoms with Crippen molar-refractivity contribution in [2.24, 2.45) is 5.84 Å². The first kappa shape index (κ1) is 14.7. The standard InChI is InChI=1S/C12H22N4O2/c1-4-6-10-14-11(16-13)9(3)12(15-10)18-8-7-17-5-2/h4-8,13H2,1-3H3,(H,14,15,16). The number of anilines is 1. The number of hydrogen-bond donors (Lipinski definition) is 2. The molecule has 6 nitrogen and oxygen atoms in total. The van der Waals surface area contributed by atoms with E-state index in [1.807, 2.05) is 13.8 Å². The molecule has 0 bridgehead atoms. The summed E-state index contributed by atoms with van der Waals surface area (Å²) >= 11 is 0. The number of nitrogens with zero attached hydrogens (tertiary/aromatic N) is 2. The molecule has 0 atom stereocenters. The third-order valence-corrected chi connectivity index (χ3v) is 2.43. The quantitative estimate of drug-likeness (QED) is 0.415. The molecule has 1 aromatic rings. The fourth-order valence-corrected chi connectivity index (χ4v) is 1.50. The van der Waals surface area contributed by atoms with Gasteiger partial charge in [0.05, 0.1) is 12.2 Å². The van der Waals surface area contributed by atoms with Crippen molar-refractivity contribution < 1.29 is 9.47 Å². The Balaban J connectivity index is 2.77. The Morgan fingerprint density at radius 2 is 2.00 bits per heavy atom. The highest BCUT2D eigenvalue weighted by Gasteiger charge is 2.10. The van der Waals surface area contributed by atoms with Gasteiger partial charge in [-0.3, -0.25) is 0 Å². The Morgan fingerprint density at radius 1 is 1.22 bits per heavy atom. The Bertz CT molecular complexity index is 371. The van der Waals surface area contributed by atoms with E-state index in [0.717, 1.165) is 24.2 Å². The Kier molecular flexibility index (Phi) is 6.38. The number of hydrogen-bond acceptors (Lipinski definition) is 6. The van der Waals surface area contributed by atoms with Gasteiger partial charge >= 0.3 is 0 Å². The van der Waals surface area contributed by atoms with Gasteiger partial charge in [0.1, 0.15) is 18.2 Å². The summed E-state index contributed by atoms with van der Waals surface area (Å²) in [5.41, 5.74) is 3.39. The third-order valence-electron chi connectivity index (χ3n) is 2.43. The molecule has 0 saturated heterocycles. The van der Waals surface area contributed by atoms with Crippen molar-refractivity contribution in [3.8, 4) is 5.88 Å². The molecule has 0 saturated carbocycles. The second-order valence-electron chi connectivity index (χ2n) is 3.86. The van der Waals surface area contributed by atoms with E-state index in [-0.39, 0.29) is 0 Å². The highest BCUT2D eigenvalue weighted by molar-refractivity contribution is 5.47. The molecular weight excluding hydrogens is 232 g/mol. The third kappa shape index (κ3) is 4.12. The minimum atomic E-state index is 0.473. The number of nitrogens with two attached hydrogens (primary N) is 1. The van der Waals surface area contributed by atoms with Gasteiger partial charge in [-0.25, -0.2) is 10.8 Å². The summed E-state index contributed by atoms with van der Waals surface area (Å²) in [4.78, 5) is 8.71. The van der Waals surface area contributed by atoms with Crippen LogP contribution < -0.4 is 16.0 Å². The van der Waals surface area contributed by atoms with Crippen LogP contribution in [0, 0.1) is 6.92 Å². The van der Waals surface area contributed by atoms with E-state index < -0.39 is 0 Å². The van der Waals surface area contributed by atoms with Gasteiger partial charge in [0.25, 0.3) is 0 Å². The van der Waals surface area contributed by atoms with Crippen molar-refractivity contribution in [2.45, 2.75) is 33.6 Å². The van der Waals surface area contributed by atoms with Crippen LogP contribution >= 0.6 is 0 Å². The number of aryl methyl sites for hydroxylation is 1. The van der Waals surface area contributed by atoms with Gasteiger partial charge in [0, 0.05) is 13.0 Å². The van der Waals surface area contributed by atoms with Gasteiger partial charge in [-0.2, -0.15) is 4.98 Å². The fraction of sp³-hybridized carbons (Fsp3) is 0.667. The van der Waals surface area contributed by atoms with Crippen LogP contribution in [-0.2, 0) is 11.2 Å². The predicted molar refractivity (Wildman–Crippen MR) is 70.6 cm³/mol. The van der Waals surface area contributed by atoms with Gasteiger partial charge in [-0.05, 0) is 20.3 Å². The highest BCUT2D eigenvalue weighted by atomic mass is 16.5. The molecule has 3 N–H and O–H groups in total. The molecule has 18 heavy (non-hydrogen) atoms. The highest BCUT2D eigenvalue weighted by Crippen LogP contribution is 2.21. The number of hydrazine groups is 1. The van der Waals surface area contributed by atoms with E-state index in [1.165, 1.54) is 0 Å². The molecular formula is C12H22N4O2. The van der Waals surface area contributed by atoms with Gasteiger partial charge in [0.15, 0.2) is 0 Å². The lowest BCUT2D eigenvalue weighted by Gasteiger charge is -2.12. The van der Waals surface area contributed by atoms with Crippen LogP contribution in [0.1, 0.15) is 31.7 Å². The van der Waals surface area contributed by atoms with Crippen LogP contribution in [0.5, 0.6) is 5.88 Å². The fourth-order valence-electron chi connectivity index (χ4n) is 1.50. The number of aromatic nitrogens is 2.